The molecule has 108 valence electrons. The Morgan fingerprint density at radius 2 is 1.68 bits per heavy atom. The van der Waals surface area contributed by atoms with Crippen LogP contribution in [0.5, 0.6) is 0 Å². The van der Waals surface area contributed by atoms with Crippen molar-refractivity contribution >= 4 is 17.9 Å². The quantitative estimate of drug-likeness (QED) is 0.534. The van der Waals surface area contributed by atoms with Gasteiger partial charge in [0.25, 0.3) is 0 Å². The minimum absolute atomic E-state index is 0.0787. The molecule has 7 heteroatoms. The number of esters is 3. The number of carbonyl (C=O) groups excluding carboxylic acids is 3. The summed E-state index contributed by atoms with van der Waals surface area (Å²) in [6.07, 6.45) is -1.52. The van der Waals surface area contributed by atoms with Crippen molar-refractivity contribution in [3.8, 4) is 0 Å². The lowest BCUT2D eigenvalue weighted by atomic mass is 9.98. The Morgan fingerprint density at radius 1 is 1.11 bits per heavy atom. The second-order valence-corrected chi connectivity index (χ2v) is 4.58. The summed E-state index contributed by atoms with van der Waals surface area (Å²) >= 11 is 0. The van der Waals surface area contributed by atoms with Crippen LogP contribution in [0.15, 0.2) is 0 Å². The highest BCUT2D eigenvalue weighted by Crippen LogP contribution is 2.31. The molecule has 1 rings (SSSR count). The van der Waals surface area contributed by atoms with E-state index in [0.29, 0.717) is 0 Å². The lowest BCUT2D eigenvalue weighted by Gasteiger charge is -2.30. The first-order chi connectivity index (χ1) is 8.74. The third-order valence-electron chi connectivity index (χ3n) is 2.69. The summed E-state index contributed by atoms with van der Waals surface area (Å²) in [6, 6.07) is 0. The van der Waals surface area contributed by atoms with E-state index in [1.165, 1.54) is 20.8 Å². The third-order valence-corrected chi connectivity index (χ3v) is 2.69. The van der Waals surface area contributed by atoms with E-state index >= 15 is 0 Å². The van der Waals surface area contributed by atoms with Gasteiger partial charge in [0.05, 0.1) is 6.61 Å². The standard InChI is InChI=1S/C12H18O7/c1-7(13)16-6-12(4)11(19-9(3)15)10(5-17-12)18-8(2)14/h10-11H,5-6H2,1-4H3/t10-,11-,12-/m0/s1. The van der Waals surface area contributed by atoms with E-state index in [4.69, 9.17) is 18.9 Å². The van der Waals surface area contributed by atoms with E-state index in [-0.39, 0.29) is 13.2 Å². The molecule has 1 heterocycles. The van der Waals surface area contributed by atoms with Gasteiger partial charge in [-0.3, -0.25) is 14.4 Å². The first-order valence-electron chi connectivity index (χ1n) is 5.86. The van der Waals surface area contributed by atoms with Crippen LogP contribution in [0.3, 0.4) is 0 Å². The van der Waals surface area contributed by atoms with Crippen molar-refractivity contribution in [1.82, 2.24) is 0 Å². The predicted octanol–water partition coefficient (Wildman–Crippen LogP) is 0.202. The molecule has 0 N–H and O–H groups in total. The molecule has 1 aliphatic heterocycles. The zero-order valence-corrected chi connectivity index (χ0v) is 11.4. The third kappa shape index (κ3) is 4.20. The fourth-order valence-corrected chi connectivity index (χ4v) is 1.89. The lowest BCUT2D eigenvalue weighted by Crippen LogP contribution is -2.48. The first kappa shape index (κ1) is 15.4. The van der Waals surface area contributed by atoms with Crippen LogP contribution in [0, 0.1) is 0 Å². The van der Waals surface area contributed by atoms with Gasteiger partial charge in [-0.2, -0.15) is 0 Å². The van der Waals surface area contributed by atoms with Crippen LogP contribution in [0.1, 0.15) is 27.7 Å². The second kappa shape index (κ2) is 6.01. The summed E-state index contributed by atoms with van der Waals surface area (Å²) in [5, 5.41) is 0. The van der Waals surface area contributed by atoms with Crippen molar-refractivity contribution in [3.05, 3.63) is 0 Å². The zero-order chi connectivity index (χ0) is 14.6. The molecule has 0 amide bonds. The highest BCUT2D eigenvalue weighted by atomic mass is 16.6. The molecule has 0 saturated carbocycles. The number of ether oxygens (including phenoxy) is 4. The molecule has 0 spiro atoms. The Hall–Kier alpha value is -1.63. The van der Waals surface area contributed by atoms with E-state index in [9.17, 15) is 14.4 Å². The summed E-state index contributed by atoms with van der Waals surface area (Å²) in [7, 11) is 0. The van der Waals surface area contributed by atoms with Crippen molar-refractivity contribution in [2.75, 3.05) is 13.2 Å². The molecule has 19 heavy (non-hydrogen) atoms. The van der Waals surface area contributed by atoms with Gasteiger partial charge in [-0.1, -0.05) is 0 Å². The maximum Gasteiger partial charge on any atom is 0.303 e. The minimum atomic E-state index is -1.03. The number of hydrogen-bond acceptors (Lipinski definition) is 7. The summed E-state index contributed by atoms with van der Waals surface area (Å²) in [6.45, 7) is 5.39. The van der Waals surface area contributed by atoms with Crippen molar-refractivity contribution in [1.29, 1.82) is 0 Å². The number of hydrogen-bond donors (Lipinski definition) is 0. The normalized spacial score (nSPS) is 29.7. The van der Waals surface area contributed by atoms with Gasteiger partial charge < -0.3 is 18.9 Å². The maximum atomic E-state index is 11.1. The molecule has 0 radical (unpaired) electrons. The smallest absolute Gasteiger partial charge is 0.303 e. The van der Waals surface area contributed by atoms with Crippen molar-refractivity contribution in [2.24, 2.45) is 0 Å². The number of carbonyl (C=O) groups is 3. The highest BCUT2D eigenvalue weighted by Gasteiger charge is 2.51. The Labute approximate surface area is 111 Å². The Kier molecular flexibility index (Phi) is 4.88. The fraction of sp³-hybridized carbons (Fsp3) is 0.750. The summed E-state index contributed by atoms with van der Waals surface area (Å²) < 4.78 is 20.6. The molecular formula is C12H18O7. The minimum Gasteiger partial charge on any atom is -0.463 e. The molecule has 0 aliphatic carbocycles. The second-order valence-electron chi connectivity index (χ2n) is 4.58. The molecule has 1 aliphatic rings. The van der Waals surface area contributed by atoms with E-state index in [1.807, 2.05) is 0 Å². The molecule has 0 unspecified atom stereocenters. The average molecular weight is 274 g/mol. The average Bonchev–Trinajstić information content (AvgIpc) is 2.55. The van der Waals surface area contributed by atoms with Gasteiger partial charge in [-0.25, -0.2) is 0 Å². The largest absolute Gasteiger partial charge is 0.463 e. The molecular weight excluding hydrogens is 256 g/mol. The van der Waals surface area contributed by atoms with Crippen LogP contribution < -0.4 is 0 Å². The van der Waals surface area contributed by atoms with Gasteiger partial charge in [0.2, 0.25) is 0 Å². The van der Waals surface area contributed by atoms with Crippen LogP contribution in [0.4, 0.5) is 0 Å². The maximum absolute atomic E-state index is 11.1. The van der Waals surface area contributed by atoms with Crippen LogP contribution in [0.25, 0.3) is 0 Å². The van der Waals surface area contributed by atoms with Crippen LogP contribution in [-0.2, 0) is 33.3 Å². The molecule has 0 bridgehead atoms. The lowest BCUT2D eigenvalue weighted by molar-refractivity contribution is -0.174. The monoisotopic (exact) mass is 274 g/mol. The first-order valence-corrected chi connectivity index (χ1v) is 5.86. The van der Waals surface area contributed by atoms with Crippen LogP contribution in [0.2, 0.25) is 0 Å². The topological polar surface area (TPSA) is 88.1 Å². The van der Waals surface area contributed by atoms with Crippen LogP contribution in [-0.4, -0.2) is 48.9 Å². The summed E-state index contributed by atoms with van der Waals surface area (Å²) in [5.74, 6) is -1.49. The molecule has 7 nitrogen and oxygen atoms in total. The van der Waals surface area contributed by atoms with Crippen molar-refractivity contribution in [2.45, 2.75) is 45.5 Å². The zero-order valence-electron chi connectivity index (χ0n) is 11.4. The fourth-order valence-electron chi connectivity index (χ4n) is 1.89. The van der Waals surface area contributed by atoms with Crippen molar-refractivity contribution < 1.29 is 33.3 Å². The molecule has 0 aromatic heterocycles. The predicted molar refractivity (Wildman–Crippen MR) is 62.1 cm³/mol. The molecule has 0 aromatic rings. The van der Waals surface area contributed by atoms with Gasteiger partial charge in [-0.05, 0) is 6.92 Å². The van der Waals surface area contributed by atoms with Gasteiger partial charge in [-0.15, -0.1) is 0 Å². The Bertz CT molecular complexity index is 378. The molecule has 1 saturated heterocycles. The van der Waals surface area contributed by atoms with Gasteiger partial charge >= 0.3 is 17.9 Å². The van der Waals surface area contributed by atoms with E-state index in [2.05, 4.69) is 0 Å². The van der Waals surface area contributed by atoms with Gasteiger partial charge in [0, 0.05) is 20.8 Å². The summed E-state index contributed by atoms with van der Waals surface area (Å²) in [5.41, 5.74) is -1.03. The Morgan fingerprint density at radius 3 is 2.16 bits per heavy atom. The number of rotatable bonds is 4. The van der Waals surface area contributed by atoms with E-state index in [0.717, 1.165) is 0 Å². The SMILES string of the molecule is CC(=O)OC[C@]1(C)OC[C@H](OC(C)=O)[C@@H]1OC(C)=O. The van der Waals surface area contributed by atoms with E-state index < -0.39 is 35.7 Å². The Balaban J connectivity index is 2.81. The molecule has 0 aromatic carbocycles. The van der Waals surface area contributed by atoms with Crippen molar-refractivity contribution in [3.63, 3.8) is 0 Å². The highest BCUT2D eigenvalue weighted by molar-refractivity contribution is 5.68. The van der Waals surface area contributed by atoms with Gasteiger partial charge in [0.15, 0.2) is 12.2 Å². The molecule has 3 atom stereocenters. The van der Waals surface area contributed by atoms with Gasteiger partial charge in [0.1, 0.15) is 12.2 Å². The summed E-state index contributed by atoms with van der Waals surface area (Å²) in [4.78, 5) is 33.0. The van der Waals surface area contributed by atoms with E-state index in [1.54, 1.807) is 6.92 Å². The van der Waals surface area contributed by atoms with Crippen LogP contribution >= 0.6 is 0 Å². The molecule has 1 fully saturated rings.